The predicted octanol–water partition coefficient (Wildman–Crippen LogP) is 4.89. The van der Waals surface area contributed by atoms with Crippen LogP contribution in [-0.4, -0.2) is 21.8 Å². The maximum Gasteiger partial charge on any atom is 0.143 e. The van der Waals surface area contributed by atoms with Crippen molar-refractivity contribution in [1.29, 1.82) is 0 Å². The highest BCUT2D eigenvalue weighted by Gasteiger charge is 2.17. The van der Waals surface area contributed by atoms with Crippen molar-refractivity contribution < 1.29 is 0 Å². The molecular formula is C16H26IN3S. The Morgan fingerprint density at radius 2 is 2.00 bits per heavy atom. The third-order valence-corrected chi connectivity index (χ3v) is 6.16. The van der Waals surface area contributed by atoms with Gasteiger partial charge < -0.3 is 5.32 Å². The first-order valence-electron chi connectivity index (χ1n) is 8.00. The van der Waals surface area contributed by atoms with Crippen LogP contribution in [0.2, 0.25) is 0 Å². The summed E-state index contributed by atoms with van der Waals surface area (Å²) in [6.07, 6.45) is 6.56. The van der Waals surface area contributed by atoms with E-state index in [-0.39, 0.29) is 0 Å². The lowest BCUT2D eigenvalue weighted by Crippen LogP contribution is -2.11. The van der Waals surface area contributed by atoms with Gasteiger partial charge in [0.25, 0.3) is 0 Å². The van der Waals surface area contributed by atoms with E-state index in [9.17, 15) is 0 Å². The molecule has 2 rings (SSSR count). The van der Waals surface area contributed by atoms with E-state index in [1.165, 1.54) is 34.9 Å². The van der Waals surface area contributed by atoms with Crippen molar-refractivity contribution in [2.75, 3.05) is 11.9 Å². The van der Waals surface area contributed by atoms with E-state index in [0.29, 0.717) is 5.92 Å². The maximum atomic E-state index is 4.84. The standard InChI is InChI=1S/C16H26IN3S/c1-4-18-16-15(17)13(9-11(2)3)19-14(20-16)10-21-12-7-5-6-8-12/h11-12H,4-10H2,1-3H3,(H,18,19,20). The van der Waals surface area contributed by atoms with Gasteiger partial charge in [0.2, 0.25) is 0 Å². The SMILES string of the molecule is CCNc1nc(CSC2CCCC2)nc(CC(C)C)c1I. The molecule has 1 fully saturated rings. The van der Waals surface area contributed by atoms with Gasteiger partial charge in [0.05, 0.1) is 15.0 Å². The lowest BCUT2D eigenvalue weighted by atomic mass is 10.1. The van der Waals surface area contributed by atoms with E-state index in [0.717, 1.165) is 35.6 Å². The van der Waals surface area contributed by atoms with Crippen LogP contribution < -0.4 is 5.32 Å². The highest BCUT2D eigenvalue weighted by Crippen LogP contribution is 2.31. The Labute approximate surface area is 146 Å². The van der Waals surface area contributed by atoms with E-state index in [2.05, 4.69) is 48.7 Å². The molecule has 21 heavy (non-hydrogen) atoms. The molecule has 0 aliphatic heterocycles. The fourth-order valence-electron chi connectivity index (χ4n) is 2.66. The minimum absolute atomic E-state index is 0.623. The van der Waals surface area contributed by atoms with Crippen molar-refractivity contribution in [2.24, 2.45) is 5.92 Å². The number of hydrogen-bond acceptors (Lipinski definition) is 4. The number of nitrogens with one attached hydrogen (secondary N) is 1. The lowest BCUT2D eigenvalue weighted by Gasteiger charge is -2.14. The Bertz CT molecular complexity index is 459. The molecule has 1 N–H and O–H groups in total. The number of anilines is 1. The molecule has 118 valence electrons. The summed E-state index contributed by atoms with van der Waals surface area (Å²) in [7, 11) is 0. The second kappa shape index (κ2) is 8.56. The summed E-state index contributed by atoms with van der Waals surface area (Å²) < 4.78 is 1.19. The quantitative estimate of drug-likeness (QED) is 0.639. The van der Waals surface area contributed by atoms with Gasteiger partial charge in [0.15, 0.2) is 0 Å². The van der Waals surface area contributed by atoms with Crippen LogP contribution in [0.15, 0.2) is 0 Å². The van der Waals surface area contributed by atoms with Gasteiger partial charge in [-0.05, 0) is 54.7 Å². The Kier molecular flexibility index (Phi) is 7.05. The predicted molar refractivity (Wildman–Crippen MR) is 101 cm³/mol. The van der Waals surface area contributed by atoms with Gasteiger partial charge in [-0.15, -0.1) is 0 Å². The van der Waals surface area contributed by atoms with Gasteiger partial charge >= 0.3 is 0 Å². The summed E-state index contributed by atoms with van der Waals surface area (Å²) in [4.78, 5) is 9.58. The summed E-state index contributed by atoms with van der Waals surface area (Å²) in [5, 5.41) is 4.21. The third-order valence-electron chi connectivity index (χ3n) is 3.66. The molecule has 1 aromatic rings. The molecule has 0 radical (unpaired) electrons. The van der Waals surface area contributed by atoms with Gasteiger partial charge in [-0.2, -0.15) is 11.8 Å². The van der Waals surface area contributed by atoms with Crippen molar-refractivity contribution in [3.05, 3.63) is 15.1 Å². The molecule has 0 bridgehead atoms. The van der Waals surface area contributed by atoms with Crippen LogP contribution in [0.5, 0.6) is 0 Å². The fourth-order valence-corrected chi connectivity index (χ4v) is 4.50. The second-order valence-corrected chi connectivity index (χ2v) is 8.46. The van der Waals surface area contributed by atoms with Crippen LogP contribution in [0, 0.1) is 9.49 Å². The van der Waals surface area contributed by atoms with Crippen LogP contribution >= 0.6 is 34.4 Å². The van der Waals surface area contributed by atoms with Gasteiger partial charge in [0, 0.05) is 11.8 Å². The smallest absolute Gasteiger partial charge is 0.143 e. The van der Waals surface area contributed by atoms with E-state index in [1.807, 2.05) is 11.8 Å². The number of nitrogens with zero attached hydrogens (tertiary/aromatic N) is 2. The Morgan fingerprint density at radius 3 is 2.62 bits per heavy atom. The van der Waals surface area contributed by atoms with Gasteiger partial charge in [-0.25, -0.2) is 9.97 Å². The first kappa shape index (κ1) is 17.3. The molecule has 0 atom stereocenters. The van der Waals surface area contributed by atoms with Crippen molar-refractivity contribution in [3.63, 3.8) is 0 Å². The summed E-state index contributed by atoms with van der Waals surface area (Å²) in [5.74, 6) is 3.59. The molecule has 0 amide bonds. The molecule has 0 saturated heterocycles. The van der Waals surface area contributed by atoms with Crippen LogP contribution in [0.1, 0.15) is 58.0 Å². The monoisotopic (exact) mass is 419 g/mol. The Balaban J connectivity index is 2.12. The normalized spacial score (nSPS) is 15.9. The Hall–Kier alpha value is -0.0400. The number of aromatic nitrogens is 2. The summed E-state index contributed by atoms with van der Waals surface area (Å²) in [6, 6.07) is 0. The summed E-state index contributed by atoms with van der Waals surface area (Å²) >= 11 is 4.43. The minimum Gasteiger partial charge on any atom is -0.369 e. The van der Waals surface area contributed by atoms with Crippen LogP contribution in [0.4, 0.5) is 5.82 Å². The molecule has 1 heterocycles. The van der Waals surface area contributed by atoms with Gasteiger partial charge in [0.1, 0.15) is 11.6 Å². The fraction of sp³-hybridized carbons (Fsp3) is 0.750. The minimum atomic E-state index is 0.623. The number of hydrogen-bond donors (Lipinski definition) is 1. The Morgan fingerprint density at radius 1 is 1.29 bits per heavy atom. The van der Waals surface area contributed by atoms with E-state index < -0.39 is 0 Å². The van der Waals surface area contributed by atoms with Crippen LogP contribution in [0.25, 0.3) is 0 Å². The lowest BCUT2D eigenvalue weighted by molar-refractivity contribution is 0.629. The number of halogens is 1. The largest absolute Gasteiger partial charge is 0.369 e. The zero-order valence-corrected chi connectivity index (χ0v) is 16.3. The van der Waals surface area contributed by atoms with E-state index >= 15 is 0 Å². The topological polar surface area (TPSA) is 37.8 Å². The molecule has 1 aliphatic carbocycles. The van der Waals surface area contributed by atoms with Gasteiger partial charge in [-0.1, -0.05) is 26.7 Å². The molecule has 0 spiro atoms. The highest BCUT2D eigenvalue weighted by atomic mass is 127. The van der Waals surface area contributed by atoms with Crippen molar-refractivity contribution in [3.8, 4) is 0 Å². The molecule has 5 heteroatoms. The summed E-state index contributed by atoms with van der Waals surface area (Å²) in [5.41, 5.74) is 1.21. The first-order chi connectivity index (χ1) is 10.1. The molecule has 1 saturated carbocycles. The number of rotatable bonds is 7. The average Bonchev–Trinajstić information content (AvgIpc) is 2.94. The molecule has 1 aliphatic rings. The molecule has 0 aromatic carbocycles. The highest BCUT2D eigenvalue weighted by molar-refractivity contribution is 14.1. The van der Waals surface area contributed by atoms with Crippen molar-refractivity contribution in [2.45, 2.75) is 63.9 Å². The number of thioether (sulfide) groups is 1. The zero-order valence-electron chi connectivity index (χ0n) is 13.3. The second-order valence-electron chi connectivity index (χ2n) is 6.09. The van der Waals surface area contributed by atoms with Crippen molar-refractivity contribution in [1.82, 2.24) is 9.97 Å². The molecular weight excluding hydrogens is 393 g/mol. The van der Waals surface area contributed by atoms with Crippen molar-refractivity contribution >= 4 is 40.2 Å². The van der Waals surface area contributed by atoms with Crippen LogP contribution in [-0.2, 0) is 12.2 Å². The molecule has 0 unspecified atom stereocenters. The van der Waals surface area contributed by atoms with Gasteiger partial charge in [-0.3, -0.25) is 0 Å². The van der Waals surface area contributed by atoms with E-state index in [4.69, 9.17) is 9.97 Å². The maximum absolute atomic E-state index is 4.84. The molecule has 1 aromatic heterocycles. The first-order valence-corrected chi connectivity index (χ1v) is 10.1. The third kappa shape index (κ3) is 5.27. The zero-order chi connectivity index (χ0) is 15.2. The average molecular weight is 419 g/mol. The summed E-state index contributed by atoms with van der Waals surface area (Å²) in [6.45, 7) is 7.52. The van der Waals surface area contributed by atoms with Crippen LogP contribution in [0.3, 0.4) is 0 Å². The van der Waals surface area contributed by atoms with E-state index in [1.54, 1.807) is 0 Å². The molecule has 3 nitrogen and oxygen atoms in total.